The van der Waals surface area contributed by atoms with Gasteiger partial charge in [0, 0.05) is 12.1 Å². The van der Waals surface area contributed by atoms with Crippen LogP contribution in [0, 0.1) is 0 Å². The van der Waals surface area contributed by atoms with E-state index in [9.17, 15) is 4.79 Å². The zero-order valence-corrected chi connectivity index (χ0v) is 11.8. The minimum Gasteiger partial charge on any atom is -0.395 e. The van der Waals surface area contributed by atoms with E-state index in [-0.39, 0.29) is 24.8 Å². The minimum absolute atomic E-state index is 0. The predicted octanol–water partition coefficient (Wildman–Crippen LogP) is 2.61. The van der Waals surface area contributed by atoms with Crippen molar-refractivity contribution in [2.75, 3.05) is 13.2 Å². The van der Waals surface area contributed by atoms with E-state index >= 15 is 0 Å². The Bertz CT molecular complexity index is 517. The number of aliphatic hydroxyl groups excluding tert-OH is 1. The molecule has 0 fully saturated rings. The third kappa shape index (κ3) is 4.17. The first kappa shape index (κ1) is 16.4. The number of hydrogen-bond acceptors (Lipinski definition) is 3. The van der Waals surface area contributed by atoms with Gasteiger partial charge in [-0.25, -0.2) is 0 Å². The van der Waals surface area contributed by atoms with Crippen LogP contribution in [0.3, 0.4) is 0 Å². The van der Waals surface area contributed by atoms with Gasteiger partial charge in [0.2, 0.25) is 0 Å². The molecule has 3 nitrogen and oxygen atoms in total. The Balaban J connectivity index is 0.00000200. The molecule has 2 N–H and O–H groups in total. The first-order valence-electron chi connectivity index (χ1n) is 6.31. The van der Waals surface area contributed by atoms with Gasteiger partial charge < -0.3 is 10.4 Å². The van der Waals surface area contributed by atoms with Gasteiger partial charge in [0.1, 0.15) is 0 Å². The van der Waals surface area contributed by atoms with Crippen molar-refractivity contribution < 1.29 is 9.90 Å². The molecule has 1 atom stereocenters. The number of rotatable bonds is 6. The summed E-state index contributed by atoms with van der Waals surface area (Å²) >= 11 is 0. The van der Waals surface area contributed by atoms with Crippen LogP contribution in [0.2, 0.25) is 0 Å². The van der Waals surface area contributed by atoms with E-state index in [1.54, 1.807) is 12.1 Å². The lowest BCUT2D eigenvalue weighted by atomic mass is 9.97. The number of aliphatic hydroxyl groups is 1. The fourth-order valence-electron chi connectivity index (χ4n) is 1.99. The lowest BCUT2D eigenvalue weighted by Gasteiger charge is -2.17. The van der Waals surface area contributed by atoms with Gasteiger partial charge in [-0.15, -0.1) is 12.4 Å². The van der Waals surface area contributed by atoms with E-state index in [0.29, 0.717) is 12.1 Å². The van der Waals surface area contributed by atoms with Crippen LogP contribution in [-0.4, -0.2) is 24.0 Å². The molecule has 0 radical (unpaired) electrons. The monoisotopic (exact) mass is 291 g/mol. The van der Waals surface area contributed by atoms with Crippen LogP contribution in [0.15, 0.2) is 60.7 Å². The molecule has 0 bridgehead atoms. The van der Waals surface area contributed by atoms with Gasteiger partial charge in [-0.05, 0) is 5.56 Å². The summed E-state index contributed by atoms with van der Waals surface area (Å²) in [6.07, 6.45) is 0. The van der Waals surface area contributed by atoms with Crippen LogP contribution >= 0.6 is 12.4 Å². The van der Waals surface area contributed by atoms with Crippen LogP contribution in [0.25, 0.3) is 0 Å². The number of ketones is 1. The lowest BCUT2D eigenvalue weighted by Crippen LogP contribution is -2.30. The number of hydrogen-bond donors (Lipinski definition) is 2. The average molecular weight is 292 g/mol. The average Bonchev–Trinajstić information content (AvgIpc) is 2.49. The first-order valence-corrected chi connectivity index (χ1v) is 6.31. The molecule has 20 heavy (non-hydrogen) atoms. The van der Waals surface area contributed by atoms with Gasteiger partial charge in [0.15, 0.2) is 5.78 Å². The molecule has 2 aromatic carbocycles. The molecule has 0 spiro atoms. The molecular formula is C16H18ClNO2. The van der Waals surface area contributed by atoms with Crippen molar-refractivity contribution in [1.29, 1.82) is 0 Å². The van der Waals surface area contributed by atoms with E-state index in [2.05, 4.69) is 5.32 Å². The molecule has 0 aliphatic rings. The summed E-state index contributed by atoms with van der Waals surface area (Å²) in [7, 11) is 0. The van der Waals surface area contributed by atoms with Crippen molar-refractivity contribution in [2.45, 2.75) is 6.04 Å². The standard InChI is InChI=1S/C16H17NO2.ClH/c18-12-11-17-15(13-7-3-1-4-8-13)16(19)14-9-5-2-6-10-14;/h1-10,15,17-18H,11-12H2;1H. The molecular weight excluding hydrogens is 274 g/mol. The largest absolute Gasteiger partial charge is 0.395 e. The Morgan fingerprint density at radius 2 is 1.55 bits per heavy atom. The maximum atomic E-state index is 12.5. The molecule has 0 aliphatic heterocycles. The predicted molar refractivity (Wildman–Crippen MR) is 82.3 cm³/mol. The highest BCUT2D eigenvalue weighted by Crippen LogP contribution is 2.18. The van der Waals surface area contributed by atoms with Crippen LogP contribution in [-0.2, 0) is 0 Å². The molecule has 4 heteroatoms. The molecule has 0 amide bonds. The van der Waals surface area contributed by atoms with Crippen molar-refractivity contribution in [1.82, 2.24) is 5.32 Å². The van der Waals surface area contributed by atoms with Gasteiger partial charge in [0.25, 0.3) is 0 Å². The van der Waals surface area contributed by atoms with Crippen LogP contribution in [0.1, 0.15) is 22.0 Å². The second-order valence-electron chi connectivity index (χ2n) is 4.25. The summed E-state index contributed by atoms with van der Waals surface area (Å²) in [5.74, 6) is 0.0141. The van der Waals surface area contributed by atoms with E-state index in [1.165, 1.54) is 0 Å². The number of carbonyl (C=O) groups is 1. The molecule has 0 aromatic heterocycles. The minimum atomic E-state index is -0.421. The quantitative estimate of drug-likeness (QED) is 0.805. The SMILES string of the molecule is Cl.O=C(c1ccccc1)C(NCCO)c1ccccc1. The number of Topliss-reactive ketones (excluding diaryl/α,β-unsaturated/α-hetero) is 1. The lowest BCUT2D eigenvalue weighted by molar-refractivity contribution is 0.0940. The van der Waals surface area contributed by atoms with E-state index in [1.807, 2.05) is 48.5 Å². The highest BCUT2D eigenvalue weighted by atomic mass is 35.5. The van der Waals surface area contributed by atoms with E-state index in [0.717, 1.165) is 5.56 Å². The van der Waals surface area contributed by atoms with Gasteiger partial charge in [-0.3, -0.25) is 4.79 Å². The summed E-state index contributed by atoms with van der Waals surface area (Å²) in [4.78, 5) is 12.5. The van der Waals surface area contributed by atoms with Gasteiger partial charge in [-0.2, -0.15) is 0 Å². The molecule has 0 heterocycles. The molecule has 1 unspecified atom stereocenters. The molecule has 0 aliphatic carbocycles. The molecule has 2 aromatic rings. The first-order chi connectivity index (χ1) is 9.33. The fraction of sp³-hybridized carbons (Fsp3) is 0.188. The molecule has 0 saturated carbocycles. The van der Waals surface area contributed by atoms with Crippen molar-refractivity contribution in [3.05, 3.63) is 71.8 Å². The maximum absolute atomic E-state index is 12.5. The zero-order chi connectivity index (χ0) is 13.5. The van der Waals surface area contributed by atoms with Gasteiger partial charge >= 0.3 is 0 Å². The summed E-state index contributed by atoms with van der Waals surface area (Å²) in [5, 5.41) is 12.0. The third-order valence-electron chi connectivity index (χ3n) is 2.91. The van der Waals surface area contributed by atoms with Crippen LogP contribution < -0.4 is 5.32 Å². The van der Waals surface area contributed by atoms with Crippen LogP contribution in [0.4, 0.5) is 0 Å². The van der Waals surface area contributed by atoms with Crippen LogP contribution in [0.5, 0.6) is 0 Å². The molecule has 0 saturated heterocycles. The highest BCUT2D eigenvalue weighted by molar-refractivity contribution is 6.00. The summed E-state index contributed by atoms with van der Waals surface area (Å²) in [6.45, 7) is 0.392. The second kappa shape index (κ2) is 8.48. The number of carbonyl (C=O) groups excluding carboxylic acids is 1. The smallest absolute Gasteiger partial charge is 0.184 e. The number of halogens is 1. The Hall–Kier alpha value is -1.68. The Kier molecular flexibility index (Phi) is 6.94. The summed E-state index contributed by atoms with van der Waals surface area (Å²) < 4.78 is 0. The number of benzene rings is 2. The zero-order valence-electron chi connectivity index (χ0n) is 11.0. The second-order valence-corrected chi connectivity index (χ2v) is 4.25. The summed E-state index contributed by atoms with van der Waals surface area (Å²) in [5.41, 5.74) is 1.58. The molecule has 106 valence electrons. The third-order valence-corrected chi connectivity index (χ3v) is 2.91. The highest BCUT2D eigenvalue weighted by Gasteiger charge is 2.20. The fourth-order valence-corrected chi connectivity index (χ4v) is 1.99. The topological polar surface area (TPSA) is 49.3 Å². The number of nitrogens with one attached hydrogen (secondary N) is 1. The van der Waals surface area contributed by atoms with E-state index < -0.39 is 6.04 Å². The van der Waals surface area contributed by atoms with Gasteiger partial charge in [-0.1, -0.05) is 60.7 Å². The Labute approximate surface area is 125 Å². The van der Waals surface area contributed by atoms with Crippen molar-refractivity contribution in [3.63, 3.8) is 0 Å². The van der Waals surface area contributed by atoms with Gasteiger partial charge in [0.05, 0.1) is 12.6 Å². The van der Waals surface area contributed by atoms with E-state index in [4.69, 9.17) is 5.11 Å². The normalized spacial score (nSPS) is 11.4. The summed E-state index contributed by atoms with van der Waals surface area (Å²) in [6, 6.07) is 18.3. The van der Waals surface area contributed by atoms with Crippen molar-refractivity contribution >= 4 is 18.2 Å². The maximum Gasteiger partial charge on any atom is 0.184 e. The molecule has 2 rings (SSSR count). The Morgan fingerprint density at radius 1 is 1.00 bits per heavy atom. The Morgan fingerprint density at radius 3 is 2.10 bits per heavy atom. The van der Waals surface area contributed by atoms with Crippen molar-refractivity contribution in [2.24, 2.45) is 0 Å². The van der Waals surface area contributed by atoms with Crippen molar-refractivity contribution in [3.8, 4) is 0 Å².